The zero-order chi connectivity index (χ0) is 15.5. The first-order valence-electron chi connectivity index (χ1n) is 9.57. The highest BCUT2D eigenvalue weighted by Crippen LogP contribution is 2.52. The van der Waals surface area contributed by atoms with E-state index < -0.39 is 0 Å². The van der Waals surface area contributed by atoms with Gasteiger partial charge in [-0.3, -0.25) is 4.79 Å². The SMILES string of the molecule is CCOC1C2CCCCC2C(OC(=O)CC)C2CCCCC21. The quantitative estimate of drug-likeness (QED) is 0.725. The number of carbonyl (C=O) groups is 1. The molecule has 0 aromatic rings. The van der Waals surface area contributed by atoms with Crippen molar-refractivity contribution >= 4 is 5.97 Å². The Balaban J connectivity index is 1.86. The van der Waals surface area contributed by atoms with Gasteiger partial charge in [-0.1, -0.05) is 32.6 Å². The number of hydrogen-bond acceptors (Lipinski definition) is 3. The van der Waals surface area contributed by atoms with E-state index >= 15 is 0 Å². The van der Waals surface area contributed by atoms with E-state index in [1.54, 1.807) is 0 Å². The fourth-order valence-corrected chi connectivity index (χ4v) is 5.49. The maximum Gasteiger partial charge on any atom is 0.305 e. The van der Waals surface area contributed by atoms with Gasteiger partial charge in [-0.25, -0.2) is 0 Å². The van der Waals surface area contributed by atoms with E-state index in [-0.39, 0.29) is 12.1 Å². The third-order valence-electron chi connectivity index (χ3n) is 6.35. The van der Waals surface area contributed by atoms with Crippen molar-refractivity contribution in [1.82, 2.24) is 0 Å². The highest BCUT2D eigenvalue weighted by Gasteiger charge is 2.53. The van der Waals surface area contributed by atoms with Crippen LogP contribution in [0.4, 0.5) is 0 Å². The molecule has 126 valence electrons. The predicted octanol–water partition coefficient (Wildman–Crippen LogP) is 4.34. The van der Waals surface area contributed by atoms with Gasteiger partial charge in [0.05, 0.1) is 6.10 Å². The van der Waals surface area contributed by atoms with E-state index in [4.69, 9.17) is 9.47 Å². The Morgan fingerprint density at radius 1 is 0.818 bits per heavy atom. The molecular weight excluding hydrogens is 276 g/mol. The molecule has 0 amide bonds. The Hall–Kier alpha value is -0.570. The number of carbonyl (C=O) groups excluding carboxylic acids is 1. The Morgan fingerprint density at radius 3 is 1.68 bits per heavy atom. The molecule has 3 rings (SSSR count). The molecule has 0 N–H and O–H groups in total. The average molecular weight is 308 g/mol. The average Bonchev–Trinajstić information content (AvgIpc) is 2.57. The number of fused-ring (bicyclic) bond motifs is 2. The Morgan fingerprint density at radius 2 is 1.27 bits per heavy atom. The predicted molar refractivity (Wildman–Crippen MR) is 86.5 cm³/mol. The Kier molecular flexibility index (Phi) is 5.43. The molecule has 3 nitrogen and oxygen atoms in total. The van der Waals surface area contributed by atoms with Gasteiger partial charge < -0.3 is 9.47 Å². The summed E-state index contributed by atoms with van der Waals surface area (Å²) >= 11 is 0. The number of esters is 1. The van der Waals surface area contributed by atoms with Crippen LogP contribution >= 0.6 is 0 Å². The fraction of sp³-hybridized carbons (Fsp3) is 0.947. The van der Waals surface area contributed by atoms with Gasteiger partial charge >= 0.3 is 5.97 Å². The molecule has 0 spiro atoms. The van der Waals surface area contributed by atoms with Gasteiger partial charge in [0.15, 0.2) is 0 Å². The van der Waals surface area contributed by atoms with Crippen molar-refractivity contribution in [3.8, 4) is 0 Å². The van der Waals surface area contributed by atoms with Crippen LogP contribution in [0.15, 0.2) is 0 Å². The largest absolute Gasteiger partial charge is 0.462 e. The van der Waals surface area contributed by atoms with Crippen LogP contribution in [0.3, 0.4) is 0 Å². The first-order chi connectivity index (χ1) is 10.8. The first kappa shape index (κ1) is 16.3. The third-order valence-corrected chi connectivity index (χ3v) is 6.35. The first-order valence-corrected chi connectivity index (χ1v) is 9.57. The second-order valence-corrected chi connectivity index (χ2v) is 7.45. The van der Waals surface area contributed by atoms with E-state index in [9.17, 15) is 4.79 Å². The van der Waals surface area contributed by atoms with Crippen LogP contribution in [0.5, 0.6) is 0 Å². The highest BCUT2D eigenvalue weighted by atomic mass is 16.5. The van der Waals surface area contributed by atoms with E-state index in [2.05, 4.69) is 6.92 Å². The lowest BCUT2D eigenvalue weighted by molar-refractivity contribution is -0.190. The van der Waals surface area contributed by atoms with Crippen molar-refractivity contribution in [3.05, 3.63) is 0 Å². The second kappa shape index (κ2) is 7.33. The molecule has 22 heavy (non-hydrogen) atoms. The minimum Gasteiger partial charge on any atom is -0.462 e. The molecule has 0 aromatic carbocycles. The standard InChI is InChI=1S/C19H32O3/c1-3-17(20)22-19-15-11-7-5-9-13(15)18(21-4-2)14-10-6-8-12-16(14)19/h13-16,18-19H,3-12H2,1-2H3. The summed E-state index contributed by atoms with van der Waals surface area (Å²) in [4.78, 5) is 12.0. The molecule has 3 heteroatoms. The van der Waals surface area contributed by atoms with Crippen LogP contribution in [-0.2, 0) is 14.3 Å². The molecule has 3 aliphatic rings. The summed E-state index contributed by atoms with van der Waals surface area (Å²) in [5.74, 6) is 2.30. The monoisotopic (exact) mass is 308 g/mol. The number of ether oxygens (including phenoxy) is 2. The summed E-state index contributed by atoms with van der Waals surface area (Å²) in [5, 5.41) is 0. The van der Waals surface area contributed by atoms with E-state index in [0.29, 0.717) is 36.2 Å². The van der Waals surface area contributed by atoms with Gasteiger partial charge in [-0.05, 0) is 44.4 Å². The van der Waals surface area contributed by atoms with Gasteiger partial charge in [0, 0.05) is 24.9 Å². The van der Waals surface area contributed by atoms with Crippen molar-refractivity contribution in [1.29, 1.82) is 0 Å². The van der Waals surface area contributed by atoms with Crippen LogP contribution in [-0.4, -0.2) is 24.8 Å². The smallest absolute Gasteiger partial charge is 0.305 e. The fourth-order valence-electron chi connectivity index (χ4n) is 5.49. The van der Waals surface area contributed by atoms with Crippen LogP contribution in [0.25, 0.3) is 0 Å². The number of hydrogen-bond donors (Lipinski definition) is 0. The topological polar surface area (TPSA) is 35.5 Å². The van der Waals surface area contributed by atoms with Gasteiger partial charge in [0.1, 0.15) is 6.10 Å². The lowest BCUT2D eigenvalue weighted by Crippen LogP contribution is -2.56. The maximum absolute atomic E-state index is 12.0. The lowest BCUT2D eigenvalue weighted by Gasteiger charge is -2.54. The van der Waals surface area contributed by atoms with Crippen molar-refractivity contribution in [2.75, 3.05) is 6.61 Å². The second-order valence-electron chi connectivity index (χ2n) is 7.45. The molecule has 0 bridgehead atoms. The Labute approximate surface area is 135 Å². The summed E-state index contributed by atoms with van der Waals surface area (Å²) < 4.78 is 12.3. The normalized spacial score (nSPS) is 41.4. The van der Waals surface area contributed by atoms with Crippen LogP contribution in [0, 0.1) is 23.7 Å². The van der Waals surface area contributed by atoms with E-state index in [0.717, 1.165) is 6.61 Å². The molecule has 0 aromatic heterocycles. The third kappa shape index (κ3) is 3.06. The van der Waals surface area contributed by atoms with Gasteiger partial charge in [-0.2, -0.15) is 0 Å². The molecular formula is C19H32O3. The van der Waals surface area contributed by atoms with Gasteiger partial charge in [0.2, 0.25) is 0 Å². The van der Waals surface area contributed by atoms with Crippen molar-refractivity contribution < 1.29 is 14.3 Å². The zero-order valence-corrected chi connectivity index (χ0v) is 14.3. The van der Waals surface area contributed by atoms with E-state index in [1.165, 1.54) is 51.4 Å². The number of rotatable bonds is 4. The molecule has 3 saturated carbocycles. The highest BCUT2D eigenvalue weighted by molar-refractivity contribution is 5.69. The zero-order valence-electron chi connectivity index (χ0n) is 14.3. The van der Waals surface area contributed by atoms with Crippen molar-refractivity contribution in [3.63, 3.8) is 0 Å². The molecule has 0 saturated heterocycles. The van der Waals surface area contributed by atoms with Crippen molar-refractivity contribution in [2.45, 2.75) is 83.8 Å². The lowest BCUT2D eigenvalue weighted by atomic mass is 9.57. The summed E-state index contributed by atoms with van der Waals surface area (Å²) in [6.07, 6.45) is 11.3. The van der Waals surface area contributed by atoms with Crippen molar-refractivity contribution in [2.24, 2.45) is 23.7 Å². The molecule has 0 heterocycles. The van der Waals surface area contributed by atoms with Crippen LogP contribution in [0.1, 0.15) is 71.6 Å². The molecule has 3 fully saturated rings. The maximum atomic E-state index is 12.0. The molecule has 0 aliphatic heterocycles. The minimum absolute atomic E-state index is 0.00601. The summed E-state index contributed by atoms with van der Waals surface area (Å²) in [5.41, 5.74) is 0. The minimum atomic E-state index is -0.00601. The summed E-state index contributed by atoms with van der Waals surface area (Å²) in [7, 11) is 0. The molecule has 3 aliphatic carbocycles. The Bertz CT molecular complexity index is 357. The van der Waals surface area contributed by atoms with Crippen LogP contribution in [0.2, 0.25) is 0 Å². The molecule has 4 atom stereocenters. The summed E-state index contributed by atoms with van der Waals surface area (Å²) in [6, 6.07) is 0. The van der Waals surface area contributed by atoms with Crippen LogP contribution < -0.4 is 0 Å². The molecule has 4 unspecified atom stereocenters. The van der Waals surface area contributed by atoms with Gasteiger partial charge in [0.25, 0.3) is 0 Å². The molecule has 0 radical (unpaired) electrons. The van der Waals surface area contributed by atoms with E-state index in [1.807, 2.05) is 6.92 Å². The summed E-state index contributed by atoms with van der Waals surface area (Å²) in [6.45, 7) is 4.85. The van der Waals surface area contributed by atoms with Gasteiger partial charge in [-0.15, -0.1) is 0 Å².